The van der Waals surface area contributed by atoms with Crippen molar-refractivity contribution in [1.29, 1.82) is 0 Å². The zero-order chi connectivity index (χ0) is 19.8. The molecule has 2 atom stereocenters. The third-order valence-corrected chi connectivity index (χ3v) is 5.38. The van der Waals surface area contributed by atoms with Crippen molar-refractivity contribution in [2.24, 2.45) is 0 Å². The summed E-state index contributed by atoms with van der Waals surface area (Å²) < 4.78 is 19.2. The van der Waals surface area contributed by atoms with Gasteiger partial charge in [0, 0.05) is 41.8 Å². The number of ether oxygens (including phenoxy) is 3. The molecule has 0 unspecified atom stereocenters. The molecule has 0 aliphatic carbocycles. The van der Waals surface area contributed by atoms with E-state index in [1.807, 2.05) is 38.1 Å². The van der Waals surface area contributed by atoms with Gasteiger partial charge in [-0.25, -0.2) is 0 Å². The minimum Gasteiger partial charge on any atom is -0.486 e. The van der Waals surface area contributed by atoms with Crippen LogP contribution in [0.2, 0.25) is 0 Å². The van der Waals surface area contributed by atoms with Crippen molar-refractivity contribution < 1.29 is 19.0 Å². The Labute approximate surface area is 166 Å². The van der Waals surface area contributed by atoms with Gasteiger partial charge in [-0.2, -0.15) is 0 Å². The summed E-state index contributed by atoms with van der Waals surface area (Å²) in [5.41, 5.74) is 3.74. The van der Waals surface area contributed by atoms with Crippen LogP contribution in [0.15, 0.2) is 24.3 Å². The first kappa shape index (κ1) is 19.0. The molecule has 0 amide bonds. The standard InChI is InChI=1S/C22H28N2O4/c1-14-9-19(20(25)13-23-11-15(2)28-16(3)12-23)17(4)24(14)18-5-6-21-22(10-18)27-8-7-26-21/h5-6,9-10,15-16H,7-8,11-13H2,1-4H3/t15-,16+. The number of carbonyl (C=O) groups is 1. The van der Waals surface area contributed by atoms with E-state index in [-0.39, 0.29) is 18.0 Å². The molecule has 0 saturated carbocycles. The van der Waals surface area contributed by atoms with Gasteiger partial charge in [0.15, 0.2) is 17.3 Å². The van der Waals surface area contributed by atoms with Crippen molar-refractivity contribution in [2.45, 2.75) is 39.9 Å². The molecule has 6 nitrogen and oxygen atoms in total. The molecule has 0 spiro atoms. The predicted octanol–water partition coefficient (Wildman–Crippen LogP) is 3.16. The quantitative estimate of drug-likeness (QED) is 0.758. The highest BCUT2D eigenvalue weighted by Crippen LogP contribution is 2.33. The van der Waals surface area contributed by atoms with Crippen molar-refractivity contribution in [3.05, 3.63) is 41.2 Å². The number of aryl methyl sites for hydroxylation is 1. The van der Waals surface area contributed by atoms with Crippen molar-refractivity contribution in [3.8, 4) is 17.2 Å². The first-order valence-corrected chi connectivity index (χ1v) is 9.92. The summed E-state index contributed by atoms with van der Waals surface area (Å²) >= 11 is 0. The lowest BCUT2D eigenvalue weighted by Gasteiger charge is -2.34. The molecule has 1 aromatic heterocycles. The van der Waals surface area contributed by atoms with Gasteiger partial charge in [-0.15, -0.1) is 0 Å². The van der Waals surface area contributed by atoms with Crippen LogP contribution >= 0.6 is 0 Å². The first-order chi connectivity index (χ1) is 13.4. The van der Waals surface area contributed by atoms with E-state index < -0.39 is 0 Å². The van der Waals surface area contributed by atoms with Crippen molar-refractivity contribution >= 4 is 5.78 Å². The molecule has 0 bridgehead atoms. The second-order valence-corrected chi connectivity index (χ2v) is 7.82. The topological polar surface area (TPSA) is 52.9 Å². The van der Waals surface area contributed by atoms with Gasteiger partial charge in [-0.3, -0.25) is 9.69 Å². The predicted molar refractivity (Wildman–Crippen MR) is 107 cm³/mol. The van der Waals surface area contributed by atoms with Gasteiger partial charge < -0.3 is 18.8 Å². The lowest BCUT2D eigenvalue weighted by molar-refractivity contribution is -0.0652. The van der Waals surface area contributed by atoms with Crippen LogP contribution in [0.3, 0.4) is 0 Å². The summed E-state index contributed by atoms with van der Waals surface area (Å²) in [7, 11) is 0. The Morgan fingerprint density at radius 3 is 2.43 bits per heavy atom. The van der Waals surface area contributed by atoms with Crippen LogP contribution in [0, 0.1) is 13.8 Å². The molecule has 4 rings (SSSR count). The maximum Gasteiger partial charge on any atom is 0.178 e. The van der Waals surface area contributed by atoms with E-state index in [4.69, 9.17) is 14.2 Å². The Kier molecular flexibility index (Phi) is 5.17. The van der Waals surface area contributed by atoms with Gasteiger partial charge >= 0.3 is 0 Å². The van der Waals surface area contributed by atoms with Crippen molar-refractivity contribution in [3.63, 3.8) is 0 Å². The van der Waals surface area contributed by atoms with Crippen LogP contribution in [0.1, 0.15) is 35.6 Å². The molecule has 0 N–H and O–H groups in total. The third kappa shape index (κ3) is 3.66. The molecule has 1 aromatic carbocycles. The number of benzene rings is 1. The average molecular weight is 384 g/mol. The van der Waals surface area contributed by atoms with Crippen LogP contribution in [-0.4, -0.2) is 60.3 Å². The molecule has 2 aromatic rings. The molecular weight excluding hydrogens is 356 g/mol. The van der Waals surface area contributed by atoms with E-state index in [9.17, 15) is 4.79 Å². The fraction of sp³-hybridized carbons (Fsp3) is 0.500. The molecule has 1 fully saturated rings. The Bertz CT molecular complexity index is 879. The molecule has 28 heavy (non-hydrogen) atoms. The van der Waals surface area contributed by atoms with Gasteiger partial charge in [0.25, 0.3) is 0 Å². The molecular formula is C22H28N2O4. The highest BCUT2D eigenvalue weighted by Gasteiger charge is 2.26. The summed E-state index contributed by atoms with van der Waals surface area (Å²) in [5.74, 6) is 1.67. The van der Waals surface area contributed by atoms with Crippen molar-refractivity contribution in [2.75, 3.05) is 32.8 Å². The SMILES string of the molecule is Cc1cc(C(=O)CN2C[C@@H](C)O[C@@H](C)C2)c(C)n1-c1ccc2c(c1)OCCO2. The van der Waals surface area contributed by atoms with Crippen LogP contribution < -0.4 is 9.47 Å². The highest BCUT2D eigenvalue weighted by molar-refractivity contribution is 5.99. The smallest absolute Gasteiger partial charge is 0.178 e. The van der Waals surface area contributed by atoms with Gasteiger partial charge in [-0.1, -0.05) is 0 Å². The largest absolute Gasteiger partial charge is 0.486 e. The Balaban J connectivity index is 1.58. The normalized spacial score (nSPS) is 22.3. The fourth-order valence-corrected chi connectivity index (χ4v) is 4.32. The third-order valence-electron chi connectivity index (χ3n) is 5.38. The number of Topliss-reactive ketones (excluding diaryl/α,β-unsaturated/α-hetero) is 1. The molecule has 1 saturated heterocycles. The van der Waals surface area contributed by atoms with Gasteiger partial charge in [-0.05, 0) is 45.9 Å². The fourth-order valence-electron chi connectivity index (χ4n) is 4.32. The number of hydrogen-bond donors (Lipinski definition) is 0. The van der Waals surface area contributed by atoms with Crippen LogP contribution in [0.25, 0.3) is 5.69 Å². The number of aromatic nitrogens is 1. The number of nitrogens with zero attached hydrogens (tertiary/aromatic N) is 2. The Morgan fingerprint density at radius 2 is 1.71 bits per heavy atom. The number of rotatable bonds is 4. The van der Waals surface area contributed by atoms with E-state index in [2.05, 4.69) is 23.3 Å². The zero-order valence-corrected chi connectivity index (χ0v) is 17.0. The molecule has 2 aliphatic heterocycles. The van der Waals surface area contributed by atoms with Gasteiger partial charge in [0.2, 0.25) is 0 Å². The minimum atomic E-state index is 0.151. The lowest BCUT2D eigenvalue weighted by Crippen LogP contribution is -2.47. The Hall–Kier alpha value is -2.31. The second-order valence-electron chi connectivity index (χ2n) is 7.82. The van der Waals surface area contributed by atoms with Gasteiger partial charge in [0.1, 0.15) is 13.2 Å². The maximum absolute atomic E-state index is 13.0. The minimum absolute atomic E-state index is 0.151. The number of hydrogen-bond acceptors (Lipinski definition) is 5. The van der Waals surface area contributed by atoms with E-state index in [1.54, 1.807) is 0 Å². The number of morpholine rings is 1. The van der Waals surface area contributed by atoms with E-state index in [0.717, 1.165) is 47.2 Å². The lowest BCUT2D eigenvalue weighted by atomic mass is 10.1. The molecule has 0 radical (unpaired) electrons. The van der Waals surface area contributed by atoms with Gasteiger partial charge in [0.05, 0.1) is 18.8 Å². The maximum atomic E-state index is 13.0. The van der Waals surface area contributed by atoms with Crippen molar-refractivity contribution in [1.82, 2.24) is 9.47 Å². The number of ketones is 1. The number of carbonyl (C=O) groups excluding carboxylic acids is 1. The summed E-state index contributed by atoms with van der Waals surface area (Å²) in [4.78, 5) is 15.2. The molecule has 2 aliphatic rings. The number of fused-ring (bicyclic) bond motifs is 1. The molecule has 150 valence electrons. The zero-order valence-electron chi connectivity index (χ0n) is 17.0. The molecule has 3 heterocycles. The first-order valence-electron chi connectivity index (χ1n) is 9.92. The van der Waals surface area contributed by atoms with Crippen LogP contribution in [0.4, 0.5) is 0 Å². The van der Waals surface area contributed by atoms with Crippen LogP contribution in [0.5, 0.6) is 11.5 Å². The highest BCUT2D eigenvalue weighted by atomic mass is 16.6. The summed E-state index contributed by atoms with van der Waals surface area (Å²) in [6, 6.07) is 7.91. The Morgan fingerprint density at radius 1 is 1.04 bits per heavy atom. The summed E-state index contributed by atoms with van der Waals surface area (Å²) in [6.07, 6.45) is 0.309. The van der Waals surface area contributed by atoms with Crippen LogP contribution in [-0.2, 0) is 4.74 Å². The van der Waals surface area contributed by atoms with E-state index in [0.29, 0.717) is 19.8 Å². The monoisotopic (exact) mass is 384 g/mol. The van der Waals surface area contributed by atoms with E-state index >= 15 is 0 Å². The summed E-state index contributed by atoms with van der Waals surface area (Å²) in [6.45, 7) is 11.3. The molecule has 6 heteroatoms. The average Bonchev–Trinajstić information content (AvgIpc) is 2.95. The summed E-state index contributed by atoms with van der Waals surface area (Å²) in [5, 5.41) is 0. The van der Waals surface area contributed by atoms with E-state index in [1.165, 1.54) is 0 Å². The second kappa shape index (κ2) is 7.60.